The molecule has 0 aliphatic heterocycles. The minimum Gasteiger partial charge on any atom is -0.393 e. The summed E-state index contributed by atoms with van der Waals surface area (Å²) in [5.74, 6) is 0.444. The van der Waals surface area contributed by atoms with E-state index in [0.29, 0.717) is 23.0 Å². The van der Waals surface area contributed by atoms with Crippen LogP contribution in [0.25, 0.3) is 0 Å². The van der Waals surface area contributed by atoms with Crippen molar-refractivity contribution < 1.29 is 4.39 Å². The highest BCUT2D eigenvalue weighted by molar-refractivity contribution is 5.80. The second-order valence-electron chi connectivity index (χ2n) is 5.53. The lowest BCUT2D eigenvalue weighted by Gasteiger charge is -2.14. The van der Waals surface area contributed by atoms with Crippen LogP contribution in [0.4, 0.5) is 33.1 Å². The molecule has 0 radical (unpaired) electrons. The molecule has 1 aromatic heterocycles. The summed E-state index contributed by atoms with van der Waals surface area (Å²) in [7, 11) is 0. The molecule has 0 saturated heterocycles. The molecule has 0 aliphatic rings. The van der Waals surface area contributed by atoms with Crippen LogP contribution in [-0.4, -0.2) is 9.97 Å². The topological polar surface area (TPSA) is 75.9 Å². The van der Waals surface area contributed by atoms with Crippen molar-refractivity contribution in [1.82, 2.24) is 9.97 Å². The molecular formula is C18H18FN5. The maximum atomic E-state index is 13.8. The number of nitrogens with zero attached hydrogens (tertiary/aromatic N) is 2. The quantitative estimate of drug-likeness (QED) is 0.667. The third-order valence-electron chi connectivity index (χ3n) is 3.66. The Labute approximate surface area is 139 Å². The summed E-state index contributed by atoms with van der Waals surface area (Å²) in [5.41, 5.74) is 9.88. The Kier molecular flexibility index (Phi) is 4.29. The van der Waals surface area contributed by atoms with Crippen LogP contribution in [-0.2, 0) is 0 Å². The van der Waals surface area contributed by atoms with Crippen molar-refractivity contribution in [2.75, 3.05) is 16.4 Å². The van der Waals surface area contributed by atoms with Crippen LogP contribution in [0.5, 0.6) is 0 Å². The van der Waals surface area contributed by atoms with Crippen LogP contribution in [0.2, 0.25) is 0 Å². The normalized spacial score (nSPS) is 10.5. The van der Waals surface area contributed by atoms with Crippen LogP contribution < -0.4 is 16.4 Å². The highest BCUT2D eigenvalue weighted by atomic mass is 19.1. The van der Waals surface area contributed by atoms with Gasteiger partial charge in [-0.15, -0.1) is 0 Å². The van der Waals surface area contributed by atoms with Gasteiger partial charge in [0.25, 0.3) is 0 Å². The SMILES string of the molecule is Cc1ccc(C)c(Nc2ncnc(Nc3ccccc3F)c2N)c1. The Bertz CT molecular complexity index is 879. The second-order valence-corrected chi connectivity index (χ2v) is 5.53. The van der Waals surface area contributed by atoms with Crippen molar-refractivity contribution in [3.8, 4) is 0 Å². The van der Waals surface area contributed by atoms with E-state index >= 15 is 0 Å². The number of halogens is 1. The highest BCUT2D eigenvalue weighted by Gasteiger charge is 2.11. The van der Waals surface area contributed by atoms with Crippen LogP contribution in [0.15, 0.2) is 48.8 Å². The van der Waals surface area contributed by atoms with Crippen molar-refractivity contribution >= 4 is 28.7 Å². The molecule has 0 amide bonds. The smallest absolute Gasteiger partial charge is 0.159 e. The lowest BCUT2D eigenvalue weighted by molar-refractivity contribution is 0.632. The number of nitrogen functional groups attached to an aromatic ring is 1. The van der Waals surface area contributed by atoms with Crippen LogP contribution >= 0.6 is 0 Å². The van der Waals surface area contributed by atoms with Gasteiger partial charge < -0.3 is 16.4 Å². The zero-order valence-electron chi connectivity index (χ0n) is 13.5. The molecule has 0 unspecified atom stereocenters. The molecule has 0 aliphatic carbocycles. The minimum absolute atomic E-state index is 0.306. The summed E-state index contributed by atoms with van der Waals surface area (Å²) in [6.45, 7) is 4.01. The van der Waals surface area contributed by atoms with E-state index in [9.17, 15) is 4.39 Å². The molecule has 0 spiro atoms. The number of nitrogens with one attached hydrogen (secondary N) is 2. The van der Waals surface area contributed by atoms with E-state index in [1.54, 1.807) is 18.2 Å². The number of aromatic nitrogens is 2. The van der Waals surface area contributed by atoms with Gasteiger partial charge in [-0.05, 0) is 43.2 Å². The molecule has 122 valence electrons. The molecule has 6 heteroatoms. The molecule has 0 fully saturated rings. The van der Waals surface area contributed by atoms with E-state index in [1.165, 1.54) is 12.4 Å². The standard InChI is InChI=1S/C18H18FN5/c1-11-7-8-12(2)15(9-11)24-18-16(20)17(21-10-22-18)23-14-6-4-3-5-13(14)19/h3-10H,20H2,1-2H3,(H2,21,22,23,24). The average Bonchev–Trinajstić information content (AvgIpc) is 2.56. The molecule has 3 aromatic rings. The monoisotopic (exact) mass is 323 g/mol. The van der Waals surface area contributed by atoms with Gasteiger partial charge in [0.1, 0.15) is 17.8 Å². The van der Waals surface area contributed by atoms with Crippen LogP contribution in [0.3, 0.4) is 0 Å². The molecule has 0 saturated carbocycles. The van der Waals surface area contributed by atoms with Crippen LogP contribution in [0, 0.1) is 19.7 Å². The maximum absolute atomic E-state index is 13.8. The first-order valence-corrected chi connectivity index (χ1v) is 7.51. The summed E-state index contributed by atoms with van der Waals surface area (Å²) in [5, 5.41) is 6.11. The fraction of sp³-hybridized carbons (Fsp3) is 0.111. The summed E-state index contributed by atoms with van der Waals surface area (Å²) >= 11 is 0. The lowest BCUT2D eigenvalue weighted by Crippen LogP contribution is -2.06. The van der Waals surface area contributed by atoms with Crippen molar-refractivity contribution in [3.05, 3.63) is 65.7 Å². The molecule has 5 nitrogen and oxygen atoms in total. The number of aryl methyl sites for hydroxylation is 2. The van der Waals surface area contributed by atoms with Gasteiger partial charge in [-0.25, -0.2) is 14.4 Å². The number of anilines is 5. The van der Waals surface area contributed by atoms with Gasteiger partial charge in [-0.1, -0.05) is 24.3 Å². The Morgan fingerprint density at radius 1 is 0.917 bits per heavy atom. The van der Waals surface area contributed by atoms with E-state index < -0.39 is 0 Å². The first kappa shape index (κ1) is 15.7. The average molecular weight is 323 g/mol. The van der Waals surface area contributed by atoms with Gasteiger partial charge in [0.15, 0.2) is 11.6 Å². The van der Waals surface area contributed by atoms with Crippen molar-refractivity contribution in [1.29, 1.82) is 0 Å². The summed E-state index contributed by atoms with van der Waals surface area (Å²) < 4.78 is 13.8. The number of hydrogen-bond donors (Lipinski definition) is 3. The van der Waals surface area contributed by atoms with Crippen molar-refractivity contribution in [2.24, 2.45) is 0 Å². The Hall–Kier alpha value is -3.15. The Morgan fingerprint density at radius 2 is 1.58 bits per heavy atom. The van der Waals surface area contributed by atoms with Crippen LogP contribution in [0.1, 0.15) is 11.1 Å². The molecule has 0 bridgehead atoms. The molecule has 4 N–H and O–H groups in total. The van der Waals surface area contributed by atoms with Gasteiger partial charge in [-0.2, -0.15) is 0 Å². The molecule has 2 aromatic carbocycles. The number of nitrogens with two attached hydrogens (primary N) is 1. The van der Waals surface area contributed by atoms with Crippen molar-refractivity contribution in [3.63, 3.8) is 0 Å². The fourth-order valence-corrected chi connectivity index (χ4v) is 2.28. The number of rotatable bonds is 4. The predicted octanol–water partition coefficient (Wildman–Crippen LogP) is 4.30. The molecule has 0 atom stereocenters. The van der Waals surface area contributed by atoms with E-state index in [4.69, 9.17) is 5.73 Å². The Morgan fingerprint density at radius 3 is 2.29 bits per heavy atom. The summed E-state index contributed by atoms with van der Waals surface area (Å²) in [6.07, 6.45) is 1.38. The van der Waals surface area contributed by atoms with Gasteiger partial charge in [-0.3, -0.25) is 0 Å². The molecular weight excluding hydrogens is 305 g/mol. The third-order valence-corrected chi connectivity index (χ3v) is 3.66. The molecule has 3 rings (SSSR count). The first-order chi connectivity index (χ1) is 11.5. The lowest BCUT2D eigenvalue weighted by atomic mass is 10.1. The first-order valence-electron chi connectivity index (χ1n) is 7.51. The molecule has 1 heterocycles. The Balaban J connectivity index is 1.91. The largest absolute Gasteiger partial charge is 0.393 e. The van der Waals surface area contributed by atoms with E-state index in [2.05, 4.69) is 20.6 Å². The van der Waals surface area contributed by atoms with Gasteiger partial charge in [0.05, 0.1) is 5.69 Å². The van der Waals surface area contributed by atoms with Gasteiger partial charge in [0, 0.05) is 5.69 Å². The highest BCUT2D eigenvalue weighted by Crippen LogP contribution is 2.30. The summed E-state index contributed by atoms with van der Waals surface area (Å²) in [6, 6.07) is 12.4. The van der Waals surface area contributed by atoms with Gasteiger partial charge >= 0.3 is 0 Å². The predicted molar refractivity (Wildman–Crippen MR) is 95.3 cm³/mol. The van der Waals surface area contributed by atoms with E-state index in [1.807, 2.05) is 32.0 Å². The number of benzene rings is 2. The molecule has 24 heavy (non-hydrogen) atoms. The second kappa shape index (κ2) is 6.54. The zero-order chi connectivity index (χ0) is 17.1. The van der Waals surface area contributed by atoms with E-state index in [0.717, 1.165) is 16.8 Å². The fourth-order valence-electron chi connectivity index (χ4n) is 2.28. The zero-order valence-corrected chi connectivity index (χ0v) is 13.5. The number of para-hydroxylation sites is 1. The maximum Gasteiger partial charge on any atom is 0.159 e. The van der Waals surface area contributed by atoms with Crippen molar-refractivity contribution in [2.45, 2.75) is 13.8 Å². The minimum atomic E-state index is -0.375. The van der Waals surface area contributed by atoms with Gasteiger partial charge in [0.2, 0.25) is 0 Å². The third kappa shape index (κ3) is 3.27. The van der Waals surface area contributed by atoms with E-state index in [-0.39, 0.29) is 5.82 Å². The summed E-state index contributed by atoms with van der Waals surface area (Å²) in [4.78, 5) is 8.29. The number of hydrogen-bond acceptors (Lipinski definition) is 5.